The van der Waals surface area contributed by atoms with E-state index in [0.717, 1.165) is 24.8 Å². The van der Waals surface area contributed by atoms with Gasteiger partial charge in [-0.15, -0.1) is 0 Å². The number of ether oxygens (including phenoxy) is 1. The minimum absolute atomic E-state index is 0.0117. The van der Waals surface area contributed by atoms with Crippen LogP contribution in [-0.2, 0) is 4.74 Å². The normalized spacial score (nSPS) is 17.8. The lowest BCUT2D eigenvalue weighted by Crippen LogP contribution is -2.04. The molecule has 1 heterocycles. The average Bonchev–Trinajstić information content (AvgIpc) is 3.02. The lowest BCUT2D eigenvalue weighted by atomic mass is 10.2. The molecule has 1 aliphatic carbocycles. The van der Waals surface area contributed by atoms with E-state index in [0.29, 0.717) is 11.7 Å². The van der Waals surface area contributed by atoms with E-state index >= 15 is 0 Å². The van der Waals surface area contributed by atoms with Crippen molar-refractivity contribution in [3.8, 4) is 0 Å². The number of aromatic nitrogens is 1. The Morgan fingerprint density at radius 1 is 1.64 bits per heavy atom. The van der Waals surface area contributed by atoms with Crippen molar-refractivity contribution in [3.63, 3.8) is 0 Å². The topological polar surface area (TPSA) is 39.2 Å². The molecule has 1 atom stereocenters. The van der Waals surface area contributed by atoms with Crippen LogP contribution < -0.4 is 0 Å². The first-order valence-corrected chi connectivity index (χ1v) is 4.86. The summed E-state index contributed by atoms with van der Waals surface area (Å²) in [6.07, 6.45) is 5.17. The zero-order valence-corrected chi connectivity index (χ0v) is 8.14. The SMILES string of the molecule is CC(OC1CC1)c1cc(C=O)ccn1. The molecule has 0 aliphatic heterocycles. The third-order valence-electron chi connectivity index (χ3n) is 2.28. The molecule has 3 nitrogen and oxygen atoms in total. The maximum absolute atomic E-state index is 10.5. The zero-order chi connectivity index (χ0) is 9.97. The van der Waals surface area contributed by atoms with Crippen LogP contribution in [0.5, 0.6) is 0 Å². The number of rotatable bonds is 4. The molecule has 0 spiro atoms. The highest BCUT2D eigenvalue weighted by atomic mass is 16.5. The molecule has 1 unspecified atom stereocenters. The molecule has 2 rings (SSSR count). The minimum Gasteiger partial charge on any atom is -0.369 e. The van der Waals surface area contributed by atoms with Crippen molar-refractivity contribution in [1.29, 1.82) is 0 Å². The zero-order valence-electron chi connectivity index (χ0n) is 8.14. The van der Waals surface area contributed by atoms with Crippen LogP contribution in [0.2, 0.25) is 0 Å². The van der Waals surface area contributed by atoms with Crippen LogP contribution in [0.15, 0.2) is 18.3 Å². The molecule has 0 amide bonds. The number of hydrogen-bond acceptors (Lipinski definition) is 3. The predicted molar refractivity (Wildman–Crippen MR) is 52.1 cm³/mol. The van der Waals surface area contributed by atoms with Gasteiger partial charge in [0.25, 0.3) is 0 Å². The number of nitrogens with zero attached hydrogens (tertiary/aromatic N) is 1. The first kappa shape index (κ1) is 9.34. The Kier molecular flexibility index (Phi) is 2.59. The Bertz CT molecular complexity index is 334. The third kappa shape index (κ3) is 2.17. The number of aldehydes is 1. The summed E-state index contributed by atoms with van der Waals surface area (Å²) in [5.41, 5.74) is 1.49. The van der Waals surface area contributed by atoms with Crippen LogP contribution in [-0.4, -0.2) is 17.4 Å². The number of carbonyl (C=O) groups excluding carboxylic acids is 1. The van der Waals surface area contributed by atoms with Gasteiger partial charge in [0, 0.05) is 11.8 Å². The van der Waals surface area contributed by atoms with E-state index in [2.05, 4.69) is 4.98 Å². The van der Waals surface area contributed by atoms with E-state index in [1.807, 2.05) is 6.92 Å². The Morgan fingerprint density at radius 3 is 3.07 bits per heavy atom. The molecular formula is C11H13NO2. The fraction of sp³-hybridized carbons (Fsp3) is 0.455. The van der Waals surface area contributed by atoms with Gasteiger partial charge in [-0.3, -0.25) is 9.78 Å². The molecule has 14 heavy (non-hydrogen) atoms. The van der Waals surface area contributed by atoms with E-state index in [1.54, 1.807) is 18.3 Å². The Morgan fingerprint density at radius 2 is 2.43 bits per heavy atom. The lowest BCUT2D eigenvalue weighted by Gasteiger charge is -2.11. The van der Waals surface area contributed by atoms with Gasteiger partial charge in [0.15, 0.2) is 0 Å². The van der Waals surface area contributed by atoms with Crippen LogP contribution in [0, 0.1) is 0 Å². The molecule has 3 heteroatoms. The van der Waals surface area contributed by atoms with E-state index in [4.69, 9.17) is 4.74 Å². The molecule has 1 aliphatic rings. The van der Waals surface area contributed by atoms with Crippen LogP contribution in [0.4, 0.5) is 0 Å². The molecule has 0 saturated heterocycles. The quantitative estimate of drug-likeness (QED) is 0.684. The van der Waals surface area contributed by atoms with E-state index in [-0.39, 0.29) is 6.10 Å². The van der Waals surface area contributed by atoms with Crippen molar-refractivity contribution in [3.05, 3.63) is 29.6 Å². The molecule has 1 aromatic rings. The van der Waals surface area contributed by atoms with Crippen molar-refractivity contribution < 1.29 is 9.53 Å². The van der Waals surface area contributed by atoms with Crippen LogP contribution in [0.25, 0.3) is 0 Å². The summed E-state index contributed by atoms with van der Waals surface area (Å²) in [7, 11) is 0. The fourth-order valence-corrected chi connectivity index (χ4v) is 1.32. The molecule has 0 aromatic carbocycles. The lowest BCUT2D eigenvalue weighted by molar-refractivity contribution is 0.0491. The van der Waals surface area contributed by atoms with E-state index in [9.17, 15) is 4.79 Å². The maximum atomic E-state index is 10.5. The van der Waals surface area contributed by atoms with Gasteiger partial charge in [-0.2, -0.15) is 0 Å². The maximum Gasteiger partial charge on any atom is 0.150 e. The van der Waals surface area contributed by atoms with Crippen molar-refractivity contribution in [2.45, 2.75) is 32.0 Å². The van der Waals surface area contributed by atoms with E-state index < -0.39 is 0 Å². The van der Waals surface area contributed by atoms with Crippen LogP contribution >= 0.6 is 0 Å². The summed E-state index contributed by atoms with van der Waals surface area (Å²) >= 11 is 0. The van der Waals surface area contributed by atoms with Gasteiger partial charge in [0.2, 0.25) is 0 Å². The number of carbonyl (C=O) groups is 1. The fourth-order valence-electron chi connectivity index (χ4n) is 1.32. The summed E-state index contributed by atoms with van der Waals surface area (Å²) in [4.78, 5) is 14.7. The second kappa shape index (κ2) is 3.88. The first-order valence-electron chi connectivity index (χ1n) is 4.86. The van der Waals surface area contributed by atoms with Gasteiger partial charge in [0.1, 0.15) is 6.29 Å². The van der Waals surface area contributed by atoms with Crippen LogP contribution in [0.3, 0.4) is 0 Å². The summed E-state index contributed by atoms with van der Waals surface area (Å²) in [6.45, 7) is 1.97. The van der Waals surface area contributed by atoms with Gasteiger partial charge < -0.3 is 4.74 Å². The Labute approximate surface area is 83.1 Å². The molecule has 0 radical (unpaired) electrons. The highest BCUT2D eigenvalue weighted by Gasteiger charge is 2.25. The molecular weight excluding hydrogens is 178 g/mol. The van der Waals surface area contributed by atoms with Crippen LogP contribution in [0.1, 0.15) is 41.9 Å². The van der Waals surface area contributed by atoms with Gasteiger partial charge in [-0.1, -0.05) is 0 Å². The summed E-state index contributed by atoms with van der Waals surface area (Å²) in [5.74, 6) is 0. The summed E-state index contributed by atoms with van der Waals surface area (Å²) in [6, 6.07) is 3.47. The molecule has 0 bridgehead atoms. The van der Waals surface area contributed by atoms with Crippen molar-refractivity contribution in [2.75, 3.05) is 0 Å². The summed E-state index contributed by atoms with van der Waals surface area (Å²) in [5, 5.41) is 0. The smallest absolute Gasteiger partial charge is 0.150 e. The van der Waals surface area contributed by atoms with Crippen molar-refractivity contribution >= 4 is 6.29 Å². The van der Waals surface area contributed by atoms with Gasteiger partial charge in [-0.05, 0) is 31.9 Å². The van der Waals surface area contributed by atoms with Crippen molar-refractivity contribution in [2.24, 2.45) is 0 Å². The third-order valence-corrected chi connectivity index (χ3v) is 2.28. The Hall–Kier alpha value is -1.22. The predicted octanol–water partition coefficient (Wildman–Crippen LogP) is 2.13. The second-order valence-electron chi connectivity index (χ2n) is 3.61. The largest absolute Gasteiger partial charge is 0.369 e. The Balaban J connectivity index is 2.08. The summed E-state index contributed by atoms with van der Waals surface area (Å²) < 4.78 is 5.67. The van der Waals surface area contributed by atoms with Crippen molar-refractivity contribution in [1.82, 2.24) is 4.98 Å². The standard InChI is InChI=1S/C11H13NO2/c1-8(14-10-2-3-10)11-6-9(7-13)4-5-12-11/h4-8,10H,2-3H2,1H3. The average molecular weight is 191 g/mol. The molecule has 1 fully saturated rings. The number of pyridine rings is 1. The first-order chi connectivity index (χ1) is 6.79. The van der Waals surface area contributed by atoms with Gasteiger partial charge in [-0.25, -0.2) is 0 Å². The highest BCUT2D eigenvalue weighted by Crippen LogP contribution is 2.29. The molecule has 74 valence electrons. The minimum atomic E-state index is -0.0117. The number of hydrogen-bond donors (Lipinski definition) is 0. The van der Waals surface area contributed by atoms with Gasteiger partial charge in [0.05, 0.1) is 17.9 Å². The molecule has 0 N–H and O–H groups in total. The second-order valence-corrected chi connectivity index (χ2v) is 3.61. The van der Waals surface area contributed by atoms with E-state index in [1.165, 1.54) is 0 Å². The molecule has 1 aromatic heterocycles. The monoisotopic (exact) mass is 191 g/mol. The van der Waals surface area contributed by atoms with Gasteiger partial charge >= 0.3 is 0 Å². The molecule has 1 saturated carbocycles. The highest BCUT2D eigenvalue weighted by molar-refractivity contribution is 5.74.